The Bertz CT molecular complexity index is 1410. The fourth-order valence-electron chi connectivity index (χ4n) is 6.83. The number of hydrogen-bond donors (Lipinski definition) is 1. The van der Waals surface area contributed by atoms with Crippen LogP contribution in [0.3, 0.4) is 0 Å². The molecule has 3 aromatic rings. The summed E-state index contributed by atoms with van der Waals surface area (Å²) in [7, 11) is 4.12. The first-order valence-corrected chi connectivity index (χ1v) is 15.6. The zero-order valence-corrected chi connectivity index (χ0v) is 25.0. The summed E-state index contributed by atoms with van der Waals surface area (Å²) >= 11 is 0. The molecule has 10 heteroatoms. The summed E-state index contributed by atoms with van der Waals surface area (Å²) in [4.78, 5) is 30.2. The molecule has 1 aromatic carbocycles. The maximum Gasteiger partial charge on any atom is 0.269 e. The standard InChI is InChI=1S/C32H43N9O/c1-37-18-20-40(21-19-37)26-12-16-39(17-13-26)23-24-8-10-25(11-9-24)32(42)36-41(27-6-4-3-5-7-27)31-28-14-15-38(2)30(28)34-29(22-33)35-31/h8-11,14-15,26-27H,3-7,12-13,16-21,23H2,1-2H3,(H,36,42). The molecule has 2 saturated heterocycles. The Hall–Kier alpha value is -3.52. The van der Waals surface area contributed by atoms with Gasteiger partial charge in [0.15, 0.2) is 5.82 Å². The van der Waals surface area contributed by atoms with E-state index in [0.717, 1.165) is 50.7 Å². The van der Waals surface area contributed by atoms with Gasteiger partial charge in [0.1, 0.15) is 11.7 Å². The number of amides is 1. The number of nitriles is 1. The Balaban J connectivity index is 1.12. The van der Waals surface area contributed by atoms with Gasteiger partial charge in [-0.1, -0.05) is 31.4 Å². The van der Waals surface area contributed by atoms with Crippen molar-refractivity contribution in [3.05, 3.63) is 53.5 Å². The number of hydrogen-bond acceptors (Lipinski definition) is 8. The number of piperazine rings is 1. The summed E-state index contributed by atoms with van der Waals surface area (Å²) in [6.45, 7) is 7.88. The molecule has 0 bridgehead atoms. The quantitative estimate of drug-likeness (QED) is 0.432. The lowest BCUT2D eigenvalue weighted by Gasteiger charge is -2.42. The Morgan fingerprint density at radius 2 is 1.67 bits per heavy atom. The van der Waals surface area contributed by atoms with Crippen molar-refractivity contribution in [2.24, 2.45) is 7.05 Å². The smallest absolute Gasteiger partial charge is 0.269 e. The van der Waals surface area contributed by atoms with Gasteiger partial charge < -0.3 is 9.47 Å². The molecular weight excluding hydrogens is 526 g/mol. The van der Waals surface area contributed by atoms with Crippen molar-refractivity contribution in [1.29, 1.82) is 5.26 Å². The third kappa shape index (κ3) is 6.28. The predicted octanol–water partition coefficient (Wildman–Crippen LogP) is 3.54. The molecular formula is C32H43N9O. The molecule has 0 radical (unpaired) electrons. The molecule has 6 rings (SSSR count). The van der Waals surface area contributed by atoms with Crippen molar-refractivity contribution in [2.45, 2.75) is 63.6 Å². The van der Waals surface area contributed by atoms with Crippen molar-refractivity contribution in [1.82, 2.24) is 34.7 Å². The lowest BCUT2D eigenvalue weighted by atomic mass is 9.95. The van der Waals surface area contributed by atoms with Gasteiger partial charge in [0.05, 0.1) is 11.4 Å². The molecule has 1 amide bonds. The van der Waals surface area contributed by atoms with Crippen LogP contribution in [0.25, 0.3) is 11.0 Å². The highest BCUT2D eigenvalue weighted by Crippen LogP contribution is 2.30. The second-order valence-electron chi connectivity index (χ2n) is 12.3. The molecule has 2 aliphatic heterocycles. The largest absolute Gasteiger partial charge is 0.335 e. The average molecular weight is 570 g/mol. The van der Waals surface area contributed by atoms with Gasteiger partial charge in [-0.25, -0.2) is 4.98 Å². The molecule has 0 spiro atoms. The molecule has 3 aliphatic rings. The Morgan fingerprint density at radius 3 is 2.36 bits per heavy atom. The number of fused-ring (bicyclic) bond motifs is 1. The number of piperidine rings is 1. The number of carbonyl (C=O) groups is 1. The van der Waals surface area contributed by atoms with Crippen molar-refractivity contribution in [3.63, 3.8) is 0 Å². The van der Waals surface area contributed by atoms with Crippen LogP contribution in [0.2, 0.25) is 0 Å². The van der Waals surface area contributed by atoms with Crippen molar-refractivity contribution in [2.75, 3.05) is 51.3 Å². The number of aryl methyl sites for hydroxylation is 1. The number of anilines is 1. The molecule has 1 aliphatic carbocycles. The van der Waals surface area contributed by atoms with Gasteiger partial charge in [-0.15, -0.1) is 0 Å². The van der Waals surface area contributed by atoms with Crippen LogP contribution in [0.5, 0.6) is 0 Å². The summed E-state index contributed by atoms with van der Waals surface area (Å²) in [5.74, 6) is 0.529. The number of aromatic nitrogens is 3. The Labute approximate surface area is 248 Å². The second-order valence-corrected chi connectivity index (χ2v) is 12.3. The lowest BCUT2D eigenvalue weighted by molar-refractivity contribution is 0.0658. The highest BCUT2D eigenvalue weighted by atomic mass is 16.2. The molecule has 0 unspecified atom stereocenters. The van der Waals surface area contributed by atoms with Crippen molar-refractivity contribution in [3.8, 4) is 6.07 Å². The van der Waals surface area contributed by atoms with Gasteiger partial charge in [-0.3, -0.25) is 25.0 Å². The van der Waals surface area contributed by atoms with E-state index in [9.17, 15) is 10.1 Å². The first-order valence-electron chi connectivity index (χ1n) is 15.6. The van der Waals surface area contributed by atoms with Crippen LogP contribution in [0.1, 0.15) is 66.7 Å². The van der Waals surface area contributed by atoms with E-state index in [0.29, 0.717) is 23.1 Å². The molecule has 10 nitrogen and oxygen atoms in total. The van der Waals surface area contributed by atoms with Crippen LogP contribution in [-0.2, 0) is 13.6 Å². The van der Waals surface area contributed by atoms with Crippen LogP contribution in [0.15, 0.2) is 36.5 Å². The monoisotopic (exact) mass is 569 g/mol. The van der Waals surface area contributed by atoms with Crippen molar-refractivity contribution >= 4 is 22.8 Å². The summed E-state index contributed by atoms with van der Waals surface area (Å²) in [6, 6.07) is 12.9. The minimum Gasteiger partial charge on any atom is -0.335 e. The summed E-state index contributed by atoms with van der Waals surface area (Å²) in [5, 5.41) is 12.4. The van der Waals surface area contributed by atoms with Gasteiger partial charge >= 0.3 is 0 Å². The maximum atomic E-state index is 13.6. The molecule has 222 valence electrons. The number of benzene rings is 1. The fraction of sp³-hybridized carbons (Fsp3) is 0.562. The van der Waals surface area contributed by atoms with Gasteiger partial charge in [0.2, 0.25) is 5.82 Å². The topological polar surface area (TPSA) is 96.6 Å². The SMILES string of the molecule is CN1CCN(C2CCN(Cc3ccc(C(=O)NN(c4nc(C#N)nc5c4ccn5C)C4CCCCC4)cc3)CC2)CC1. The van der Waals surface area contributed by atoms with Gasteiger partial charge in [0, 0.05) is 57.6 Å². The highest BCUT2D eigenvalue weighted by Gasteiger charge is 2.29. The molecule has 0 atom stereocenters. The summed E-state index contributed by atoms with van der Waals surface area (Å²) in [5.41, 5.74) is 5.71. The van der Waals surface area contributed by atoms with E-state index in [-0.39, 0.29) is 17.8 Å². The summed E-state index contributed by atoms with van der Waals surface area (Å²) < 4.78 is 1.88. The Morgan fingerprint density at radius 1 is 0.952 bits per heavy atom. The number of nitrogens with one attached hydrogen (secondary N) is 1. The van der Waals surface area contributed by atoms with E-state index < -0.39 is 0 Å². The van der Waals surface area contributed by atoms with Crippen LogP contribution in [0.4, 0.5) is 5.82 Å². The average Bonchev–Trinajstić information content (AvgIpc) is 3.41. The molecule has 42 heavy (non-hydrogen) atoms. The van der Waals surface area contributed by atoms with Gasteiger partial charge in [-0.2, -0.15) is 10.2 Å². The van der Waals surface area contributed by atoms with Crippen molar-refractivity contribution < 1.29 is 4.79 Å². The second kappa shape index (κ2) is 12.8. The van der Waals surface area contributed by atoms with E-state index in [4.69, 9.17) is 0 Å². The number of rotatable bonds is 7. The number of likely N-dealkylation sites (N-methyl/N-ethyl adjacent to an activating group) is 1. The zero-order valence-electron chi connectivity index (χ0n) is 25.0. The molecule has 3 fully saturated rings. The minimum atomic E-state index is -0.165. The number of carbonyl (C=O) groups excluding carboxylic acids is 1. The number of likely N-dealkylation sites (tertiary alicyclic amines) is 1. The lowest BCUT2D eigenvalue weighted by Crippen LogP contribution is -2.52. The van der Waals surface area contributed by atoms with E-state index >= 15 is 0 Å². The predicted molar refractivity (Wildman–Crippen MR) is 164 cm³/mol. The minimum absolute atomic E-state index is 0.103. The first kappa shape index (κ1) is 28.6. The summed E-state index contributed by atoms with van der Waals surface area (Å²) in [6.07, 6.45) is 9.70. The third-order valence-electron chi connectivity index (χ3n) is 9.43. The molecule has 2 aromatic heterocycles. The van der Waals surface area contributed by atoms with E-state index in [2.05, 4.69) is 55.3 Å². The zero-order chi connectivity index (χ0) is 29.1. The van der Waals surface area contributed by atoms with Crippen LogP contribution in [-0.4, -0.2) is 93.5 Å². The first-order chi connectivity index (χ1) is 20.5. The van der Waals surface area contributed by atoms with Gasteiger partial charge in [0.25, 0.3) is 5.91 Å². The molecule has 1 N–H and O–H groups in total. The Kier molecular flexibility index (Phi) is 8.70. The normalized spacial score (nSPS) is 20.0. The third-order valence-corrected chi connectivity index (χ3v) is 9.43. The molecule has 1 saturated carbocycles. The van der Waals surface area contributed by atoms with E-state index in [1.165, 1.54) is 51.0 Å². The van der Waals surface area contributed by atoms with Crippen LogP contribution < -0.4 is 10.4 Å². The van der Waals surface area contributed by atoms with E-state index in [1.807, 2.05) is 41.0 Å². The number of nitrogens with zero attached hydrogens (tertiary/aromatic N) is 8. The van der Waals surface area contributed by atoms with E-state index in [1.54, 1.807) is 0 Å². The molecule has 4 heterocycles. The van der Waals surface area contributed by atoms with Gasteiger partial charge in [-0.05, 0) is 69.6 Å². The number of hydrazine groups is 1. The van der Waals surface area contributed by atoms with Crippen LogP contribution >= 0.6 is 0 Å². The van der Waals surface area contributed by atoms with Crippen LogP contribution in [0, 0.1) is 11.3 Å². The fourth-order valence-corrected chi connectivity index (χ4v) is 6.83. The highest BCUT2D eigenvalue weighted by molar-refractivity contribution is 5.96. The maximum absolute atomic E-state index is 13.6.